The minimum absolute atomic E-state index is 0.171. The summed E-state index contributed by atoms with van der Waals surface area (Å²) in [6, 6.07) is 1.97. The van der Waals surface area contributed by atoms with E-state index in [-0.39, 0.29) is 5.91 Å². The van der Waals surface area contributed by atoms with Crippen molar-refractivity contribution < 1.29 is 9.32 Å². The van der Waals surface area contributed by atoms with Gasteiger partial charge in [0.1, 0.15) is 23.6 Å². The maximum absolute atomic E-state index is 12.7. The second-order valence-corrected chi connectivity index (χ2v) is 8.80. The largest absolute Gasteiger partial charge is 0.360 e. The summed E-state index contributed by atoms with van der Waals surface area (Å²) in [5.74, 6) is 2.34. The fourth-order valence-electron chi connectivity index (χ4n) is 4.10. The van der Waals surface area contributed by atoms with E-state index in [0.29, 0.717) is 25.2 Å². The molecule has 0 saturated carbocycles. The molecule has 30 heavy (non-hydrogen) atoms. The fourth-order valence-corrected chi connectivity index (χ4v) is 5.06. The van der Waals surface area contributed by atoms with Crippen LogP contribution in [0.15, 0.2) is 23.1 Å². The molecule has 158 valence electrons. The zero-order valence-electron chi connectivity index (χ0n) is 16.8. The van der Waals surface area contributed by atoms with Gasteiger partial charge in [-0.2, -0.15) is 0 Å². The SMILES string of the molecule is O=C(NCCSN1CCCCC1)c1noc2c1CN(c1ncnc3[nH]ccc13)CC2. The number of amides is 1. The van der Waals surface area contributed by atoms with Crippen LogP contribution in [0.4, 0.5) is 5.82 Å². The number of hydrogen-bond acceptors (Lipinski definition) is 8. The minimum Gasteiger partial charge on any atom is -0.360 e. The van der Waals surface area contributed by atoms with Gasteiger partial charge in [-0.25, -0.2) is 9.97 Å². The Morgan fingerprint density at radius 3 is 3.03 bits per heavy atom. The zero-order valence-corrected chi connectivity index (χ0v) is 17.6. The molecular weight excluding hydrogens is 402 g/mol. The van der Waals surface area contributed by atoms with Crippen LogP contribution >= 0.6 is 11.9 Å². The van der Waals surface area contributed by atoms with Gasteiger partial charge in [-0.1, -0.05) is 23.5 Å². The fraction of sp³-hybridized carbons (Fsp3) is 0.500. The Kier molecular flexibility index (Phi) is 5.58. The molecule has 9 nitrogen and oxygen atoms in total. The van der Waals surface area contributed by atoms with Crippen molar-refractivity contribution >= 4 is 34.7 Å². The zero-order chi connectivity index (χ0) is 20.3. The maximum Gasteiger partial charge on any atom is 0.273 e. The first-order valence-electron chi connectivity index (χ1n) is 10.5. The van der Waals surface area contributed by atoms with Crippen LogP contribution in [0.3, 0.4) is 0 Å². The molecule has 3 aromatic rings. The molecule has 0 spiro atoms. The molecule has 2 aliphatic heterocycles. The van der Waals surface area contributed by atoms with Gasteiger partial charge < -0.3 is 19.7 Å². The number of nitrogens with one attached hydrogen (secondary N) is 2. The highest BCUT2D eigenvalue weighted by molar-refractivity contribution is 7.97. The van der Waals surface area contributed by atoms with Gasteiger partial charge in [-0.15, -0.1) is 0 Å². The predicted molar refractivity (Wildman–Crippen MR) is 115 cm³/mol. The molecule has 0 atom stereocenters. The molecule has 2 N–H and O–H groups in total. The first-order chi connectivity index (χ1) is 14.8. The van der Waals surface area contributed by atoms with Crippen LogP contribution < -0.4 is 10.2 Å². The Balaban J connectivity index is 1.23. The molecule has 0 aliphatic carbocycles. The number of hydrogen-bond donors (Lipinski definition) is 2. The molecule has 0 unspecified atom stereocenters. The lowest BCUT2D eigenvalue weighted by atomic mass is 10.1. The van der Waals surface area contributed by atoms with Crippen molar-refractivity contribution in [1.82, 2.24) is 29.7 Å². The van der Waals surface area contributed by atoms with Crippen LogP contribution in [-0.4, -0.2) is 62.3 Å². The summed E-state index contributed by atoms with van der Waals surface area (Å²) >= 11 is 1.81. The quantitative estimate of drug-likeness (QED) is 0.457. The number of carbonyl (C=O) groups is 1. The molecule has 5 heterocycles. The van der Waals surface area contributed by atoms with Crippen molar-refractivity contribution in [2.24, 2.45) is 0 Å². The van der Waals surface area contributed by atoms with Crippen molar-refractivity contribution in [3.05, 3.63) is 35.6 Å². The maximum atomic E-state index is 12.7. The Bertz CT molecular complexity index is 1030. The smallest absolute Gasteiger partial charge is 0.273 e. The number of aromatic nitrogens is 4. The van der Waals surface area contributed by atoms with Crippen molar-refractivity contribution in [2.45, 2.75) is 32.2 Å². The van der Waals surface area contributed by atoms with Crippen LogP contribution in [0, 0.1) is 0 Å². The minimum atomic E-state index is -0.171. The monoisotopic (exact) mass is 427 g/mol. The van der Waals surface area contributed by atoms with Gasteiger partial charge in [0.15, 0.2) is 5.69 Å². The molecule has 1 saturated heterocycles. The lowest BCUT2D eigenvalue weighted by molar-refractivity contribution is 0.0946. The number of carbonyl (C=O) groups excluding carboxylic acids is 1. The van der Waals surface area contributed by atoms with Gasteiger partial charge >= 0.3 is 0 Å². The number of rotatable bonds is 6. The number of H-pyrrole nitrogens is 1. The number of fused-ring (bicyclic) bond motifs is 2. The molecule has 1 fully saturated rings. The highest BCUT2D eigenvalue weighted by Crippen LogP contribution is 2.29. The number of anilines is 1. The van der Waals surface area contributed by atoms with E-state index in [2.05, 4.69) is 34.6 Å². The average molecular weight is 428 g/mol. The first kappa shape index (κ1) is 19.4. The topological polar surface area (TPSA) is 103 Å². The van der Waals surface area contributed by atoms with Gasteiger partial charge in [0.2, 0.25) is 0 Å². The third kappa shape index (κ3) is 3.89. The molecule has 10 heteroatoms. The first-order valence-corrected chi connectivity index (χ1v) is 11.4. The Labute approximate surface area is 178 Å². The number of aromatic amines is 1. The third-order valence-electron chi connectivity index (χ3n) is 5.65. The summed E-state index contributed by atoms with van der Waals surface area (Å²) in [5.41, 5.74) is 2.04. The van der Waals surface area contributed by atoms with E-state index in [1.807, 2.05) is 24.2 Å². The summed E-state index contributed by atoms with van der Waals surface area (Å²) in [6.45, 7) is 4.20. The highest BCUT2D eigenvalue weighted by atomic mass is 32.2. The number of piperidine rings is 1. The molecule has 1 amide bonds. The normalized spacial score (nSPS) is 17.3. The van der Waals surface area contributed by atoms with Crippen LogP contribution in [0.5, 0.6) is 0 Å². The Morgan fingerprint density at radius 1 is 1.23 bits per heavy atom. The summed E-state index contributed by atoms with van der Waals surface area (Å²) in [6.07, 6.45) is 7.97. The molecular formula is C20H25N7O2S. The summed E-state index contributed by atoms with van der Waals surface area (Å²) in [5, 5.41) is 8.04. The van der Waals surface area contributed by atoms with Gasteiger partial charge in [0.05, 0.1) is 11.9 Å². The second-order valence-electron chi connectivity index (χ2n) is 7.62. The van der Waals surface area contributed by atoms with Crippen molar-refractivity contribution in [3.8, 4) is 0 Å². The van der Waals surface area contributed by atoms with Crippen molar-refractivity contribution in [2.75, 3.05) is 36.8 Å². The van der Waals surface area contributed by atoms with E-state index >= 15 is 0 Å². The number of nitrogens with zero attached hydrogens (tertiary/aromatic N) is 5. The lowest BCUT2D eigenvalue weighted by Gasteiger charge is -2.27. The standard InChI is InChI=1S/C20H25N7O2S/c28-20(22-7-11-30-27-8-2-1-3-9-27)17-15-12-26(10-5-16(15)29-25-17)19-14-4-6-21-18(14)23-13-24-19/h4,6,13H,1-3,5,7-12H2,(H,22,28)(H,21,23,24). The molecule has 0 aromatic carbocycles. The van der Waals surface area contributed by atoms with Gasteiger partial charge in [0.25, 0.3) is 5.91 Å². The van der Waals surface area contributed by atoms with E-state index in [9.17, 15) is 4.79 Å². The Morgan fingerprint density at radius 2 is 2.13 bits per heavy atom. The van der Waals surface area contributed by atoms with E-state index in [1.165, 1.54) is 19.3 Å². The van der Waals surface area contributed by atoms with Gasteiger partial charge in [-0.3, -0.25) is 9.10 Å². The van der Waals surface area contributed by atoms with Gasteiger partial charge in [0, 0.05) is 50.1 Å². The van der Waals surface area contributed by atoms with Crippen LogP contribution in [0.2, 0.25) is 0 Å². The van der Waals surface area contributed by atoms with E-state index < -0.39 is 0 Å². The van der Waals surface area contributed by atoms with Gasteiger partial charge in [-0.05, 0) is 18.9 Å². The lowest BCUT2D eigenvalue weighted by Crippen LogP contribution is -2.33. The highest BCUT2D eigenvalue weighted by Gasteiger charge is 2.29. The average Bonchev–Trinajstić information content (AvgIpc) is 3.43. The Hall–Kier alpha value is -2.59. The van der Waals surface area contributed by atoms with Crippen molar-refractivity contribution in [1.29, 1.82) is 0 Å². The summed E-state index contributed by atoms with van der Waals surface area (Å²) < 4.78 is 7.87. The van der Waals surface area contributed by atoms with Crippen molar-refractivity contribution in [3.63, 3.8) is 0 Å². The molecule has 0 bridgehead atoms. The van der Waals surface area contributed by atoms with Crippen LogP contribution in [-0.2, 0) is 13.0 Å². The summed E-state index contributed by atoms with van der Waals surface area (Å²) in [7, 11) is 0. The van der Waals surface area contributed by atoms with E-state index in [0.717, 1.165) is 53.6 Å². The van der Waals surface area contributed by atoms with E-state index in [1.54, 1.807) is 6.33 Å². The predicted octanol–water partition coefficient (Wildman–Crippen LogP) is 2.37. The molecule has 0 radical (unpaired) electrons. The van der Waals surface area contributed by atoms with Crippen LogP contribution in [0.1, 0.15) is 41.1 Å². The second kappa shape index (κ2) is 8.65. The third-order valence-corrected chi connectivity index (χ3v) is 6.77. The van der Waals surface area contributed by atoms with E-state index in [4.69, 9.17) is 4.52 Å². The molecule has 5 rings (SSSR count). The molecule has 2 aliphatic rings. The summed E-state index contributed by atoms with van der Waals surface area (Å²) in [4.78, 5) is 26.7. The van der Waals surface area contributed by atoms with Crippen LogP contribution in [0.25, 0.3) is 11.0 Å². The molecule has 3 aromatic heterocycles.